The maximum atomic E-state index is 4.70. The zero-order chi connectivity index (χ0) is 14.5. The van der Waals surface area contributed by atoms with Crippen LogP contribution in [0.4, 0.5) is 5.82 Å². The second kappa shape index (κ2) is 6.97. The molecule has 106 valence electrons. The predicted molar refractivity (Wildman–Crippen MR) is 90.9 cm³/mol. The molecular weight excluding hydrogens is 363 g/mol. The summed E-state index contributed by atoms with van der Waals surface area (Å²) in [6.45, 7) is 7.23. The summed E-state index contributed by atoms with van der Waals surface area (Å²) >= 11 is 2.33. The summed E-state index contributed by atoms with van der Waals surface area (Å²) in [4.78, 5) is 13.5. The Bertz CT molecular complexity index is 598. The first kappa shape index (κ1) is 15.2. The highest BCUT2D eigenvalue weighted by Gasteiger charge is 2.13. The highest BCUT2D eigenvalue weighted by atomic mass is 127. The smallest absolute Gasteiger partial charge is 0.162 e. The molecular formula is C15H19IN4. The number of hydrogen-bond donors (Lipinski definition) is 1. The van der Waals surface area contributed by atoms with Crippen molar-refractivity contribution < 1.29 is 0 Å². The fourth-order valence-corrected chi connectivity index (χ4v) is 2.75. The van der Waals surface area contributed by atoms with Crippen LogP contribution in [0.2, 0.25) is 0 Å². The molecule has 0 fully saturated rings. The molecule has 0 radical (unpaired) electrons. The molecule has 0 atom stereocenters. The highest BCUT2D eigenvalue weighted by Crippen LogP contribution is 2.25. The van der Waals surface area contributed by atoms with Gasteiger partial charge in [-0.2, -0.15) is 0 Å². The molecule has 0 aliphatic heterocycles. The van der Waals surface area contributed by atoms with Gasteiger partial charge in [-0.05, 0) is 54.0 Å². The van der Waals surface area contributed by atoms with Gasteiger partial charge in [0.25, 0.3) is 0 Å². The van der Waals surface area contributed by atoms with Gasteiger partial charge >= 0.3 is 0 Å². The number of aryl methyl sites for hydroxylation is 2. The monoisotopic (exact) mass is 382 g/mol. The Kier molecular flexibility index (Phi) is 5.28. The van der Waals surface area contributed by atoms with Gasteiger partial charge in [0.15, 0.2) is 5.82 Å². The minimum absolute atomic E-state index is 0.778. The minimum Gasteiger partial charge on any atom is -0.369 e. The fourth-order valence-electron chi connectivity index (χ4n) is 1.93. The van der Waals surface area contributed by atoms with Gasteiger partial charge in [0.2, 0.25) is 0 Å². The number of anilines is 1. The summed E-state index contributed by atoms with van der Waals surface area (Å²) in [6, 6.07) is 1.97. The average molecular weight is 382 g/mol. The first-order chi connectivity index (χ1) is 9.67. The summed E-state index contributed by atoms with van der Waals surface area (Å²) in [5.74, 6) is 1.71. The largest absolute Gasteiger partial charge is 0.369 e. The van der Waals surface area contributed by atoms with E-state index in [1.807, 2.05) is 19.2 Å². The molecule has 2 aromatic heterocycles. The zero-order valence-corrected chi connectivity index (χ0v) is 14.2. The normalized spacial score (nSPS) is 10.6. The van der Waals surface area contributed by atoms with Crippen LogP contribution in [0.25, 0.3) is 11.4 Å². The molecule has 5 heteroatoms. The first-order valence-corrected chi connectivity index (χ1v) is 7.96. The molecule has 0 saturated carbocycles. The maximum absolute atomic E-state index is 4.70. The van der Waals surface area contributed by atoms with Gasteiger partial charge in [-0.25, -0.2) is 9.97 Å². The lowest BCUT2D eigenvalue weighted by molar-refractivity contribution is 0.942. The molecule has 20 heavy (non-hydrogen) atoms. The Morgan fingerprint density at radius 3 is 2.70 bits per heavy atom. The van der Waals surface area contributed by atoms with Crippen molar-refractivity contribution in [2.24, 2.45) is 0 Å². The van der Waals surface area contributed by atoms with Crippen molar-refractivity contribution in [3.8, 4) is 11.4 Å². The molecule has 2 heterocycles. The molecule has 1 N–H and O–H groups in total. The van der Waals surface area contributed by atoms with E-state index in [-0.39, 0.29) is 0 Å². The molecule has 0 aliphatic rings. The van der Waals surface area contributed by atoms with Gasteiger partial charge in [-0.15, -0.1) is 0 Å². The van der Waals surface area contributed by atoms with Crippen LogP contribution in [0.5, 0.6) is 0 Å². The van der Waals surface area contributed by atoms with Crippen LogP contribution in [0.1, 0.15) is 31.5 Å². The summed E-state index contributed by atoms with van der Waals surface area (Å²) in [6.07, 6.45) is 5.61. The number of halogens is 1. The van der Waals surface area contributed by atoms with Crippen LogP contribution in [0.15, 0.2) is 18.5 Å². The molecule has 0 bridgehead atoms. The molecule has 0 spiro atoms. The number of aromatic nitrogens is 3. The third-order valence-electron chi connectivity index (χ3n) is 3.06. The molecule has 4 nitrogen and oxygen atoms in total. The number of hydrogen-bond acceptors (Lipinski definition) is 4. The SMILES string of the molecule is CCCNc1nc(-c2ccncc2C)nc(CC)c1I. The number of nitrogens with zero attached hydrogens (tertiary/aromatic N) is 3. The van der Waals surface area contributed by atoms with Gasteiger partial charge < -0.3 is 5.32 Å². The maximum Gasteiger partial charge on any atom is 0.162 e. The quantitative estimate of drug-likeness (QED) is 0.799. The van der Waals surface area contributed by atoms with E-state index in [1.54, 1.807) is 6.20 Å². The number of pyridine rings is 1. The molecule has 0 aromatic carbocycles. The van der Waals surface area contributed by atoms with E-state index in [9.17, 15) is 0 Å². The Labute approximate surface area is 133 Å². The van der Waals surface area contributed by atoms with E-state index >= 15 is 0 Å². The number of rotatable bonds is 5. The average Bonchev–Trinajstić information content (AvgIpc) is 2.47. The third-order valence-corrected chi connectivity index (χ3v) is 4.19. The summed E-state index contributed by atoms with van der Waals surface area (Å²) in [7, 11) is 0. The third kappa shape index (κ3) is 3.26. The van der Waals surface area contributed by atoms with Crippen LogP contribution in [-0.2, 0) is 6.42 Å². The van der Waals surface area contributed by atoms with Crippen LogP contribution >= 0.6 is 22.6 Å². The summed E-state index contributed by atoms with van der Waals surface area (Å²) in [5.41, 5.74) is 3.23. The van der Waals surface area contributed by atoms with Crippen molar-refractivity contribution in [3.05, 3.63) is 33.3 Å². The lowest BCUT2D eigenvalue weighted by Crippen LogP contribution is -2.09. The predicted octanol–water partition coefficient (Wildman–Crippen LogP) is 3.84. The molecule has 0 unspecified atom stereocenters. The minimum atomic E-state index is 0.778. The molecule has 0 saturated heterocycles. The Morgan fingerprint density at radius 1 is 1.25 bits per heavy atom. The van der Waals surface area contributed by atoms with E-state index in [2.05, 4.69) is 46.7 Å². The lowest BCUT2D eigenvalue weighted by Gasteiger charge is -2.12. The van der Waals surface area contributed by atoms with Crippen LogP contribution < -0.4 is 5.32 Å². The number of nitrogens with one attached hydrogen (secondary N) is 1. The Morgan fingerprint density at radius 2 is 2.05 bits per heavy atom. The summed E-state index contributed by atoms with van der Waals surface area (Å²) < 4.78 is 1.12. The van der Waals surface area contributed by atoms with Gasteiger partial charge in [0.05, 0.1) is 9.26 Å². The Balaban J connectivity index is 2.51. The standard InChI is InChI=1S/C15H19IN4/c1-4-7-18-15-13(16)12(5-2)19-14(20-15)11-6-8-17-9-10(11)3/h6,8-9H,4-5,7H2,1-3H3,(H,18,19,20). The van der Waals surface area contributed by atoms with E-state index < -0.39 is 0 Å². The van der Waals surface area contributed by atoms with Gasteiger partial charge in [-0.1, -0.05) is 13.8 Å². The molecule has 2 rings (SSSR count). The van der Waals surface area contributed by atoms with E-state index in [1.165, 1.54) is 0 Å². The van der Waals surface area contributed by atoms with Crippen molar-refractivity contribution in [2.45, 2.75) is 33.6 Å². The van der Waals surface area contributed by atoms with E-state index in [4.69, 9.17) is 9.97 Å². The molecule has 2 aromatic rings. The van der Waals surface area contributed by atoms with E-state index in [0.717, 1.165) is 51.4 Å². The van der Waals surface area contributed by atoms with Crippen LogP contribution in [0, 0.1) is 10.5 Å². The van der Waals surface area contributed by atoms with Gasteiger partial charge in [0, 0.05) is 24.5 Å². The highest BCUT2D eigenvalue weighted by molar-refractivity contribution is 14.1. The second-order valence-electron chi connectivity index (χ2n) is 4.63. The topological polar surface area (TPSA) is 50.7 Å². The van der Waals surface area contributed by atoms with Crippen molar-refractivity contribution in [2.75, 3.05) is 11.9 Å². The first-order valence-electron chi connectivity index (χ1n) is 6.88. The van der Waals surface area contributed by atoms with Gasteiger partial charge in [0.1, 0.15) is 5.82 Å². The van der Waals surface area contributed by atoms with Crippen molar-refractivity contribution in [1.82, 2.24) is 15.0 Å². The van der Waals surface area contributed by atoms with Crippen LogP contribution in [0.3, 0.4) is 0 Å². The molecule has 0 amide bonds. The summed E-state index contributed by atoms with van der Waals surface area (Å²) in [5, 5.41) is 3.39. The van der Waals surface area contributed by atoms with Gasteiger partial charge in [-0.3, -0.25) is 4.98 Å². The van der Waals surface area contributed by atoms with Crippen molar-refractivity contribution in [3.63, 3.8) is 0 Å². The molecule has 0 aliphatic carbocycles. The van der Waals surface area contributed by atoms with Crippen molar-refractivity contribution in [1.29, 1.82) is 0 Å². The Hall–Kier alpha value is -1.24. The lowest BCUT2D eigenvalue weighted by atomic mass is 10.1. The zero-order valence-electron chi connectivity index (χ0n) is 12.1. The second-order valence-corrected chi connectivity index (χ2v) is 5.71. The van der Waals surface area contributed by atoms with Crippen molar-refractivity contribution >= 4 is 28.4 Å². The van der Waals surface area contributed by atoms with Crippen LogP contribution in [-0.4, -0.2) is 21.5 Å². The van der Waals surface area contributed by atoms with E-state index in [0.29, 0.717) is 0 Å². The fraction of sp³-hybridized carbons (Fsp3) is 0.400.